The number of carbonyl (C=O) groups is 3. The average Bonchev–Trinajstić information content (AvgIpc) is 2.74. The molecule has 2 aromatic carbocycles. The maximum absolute atomic E-state index is 12.2. The minimum Gasteiger partial charge on any atom is -0.454 e. The topological polar surface area (TPSA) is 84.5 Å². The molecule has 2 aromatic rings. The Morgan fingerprint density at radius 2 is 1.58 bits per heavy atom. The van der Waals surface area contributed by atoms with Gasteiger partial charge in [0, 0.05) is 5.56 Å². The summed E-state index contributed by atoms with van der Waals surface area (Å²) < 4.78 is 4.99. The molecule has 0 bridgehead atoms. The maximum atomic E-state index is 12.2. The van der Waals surface area contributed by atoms with E-state index in [2.05, 4.69) is 31.4 Å². The maximum Gasteiger partial charge on any atom is 0.325 e. The van der Waals surface area contributed by atoms with E-state index in [1.54, 1.807) is 12.1 Å². The molecule has 0 aromatic heterocycles. The highest BCUT2D eigenvalue weighted by Crippen LogP contribution is 2.22. The number of hydrogen-bond acceptors (Lipinski definition) is 4. The van der Waals surface area contributed by atoms with E-state index >= 15 is 0 Å². The molecular weight excluding hydrogens is 392 g/mol. The normalized spacial score (nSPS) is 12.0. The third kappa shape index (κ3) is 7.55. The number of esters is 1. The van der Waals surface area contributed by atoms with Crippen LogP contribution < -0.4 is 10.6 Å². The number of rotatable bonds is 8. The fraction of sp³-hybridized carbons (Fsp3) is 0.400. The number of benzene rings is 2. The SMILES string of the molecule is CC[C@@H](NC(=O)COC(=O)CNC(=O)c1ccc(C(C)(C)C)cc1)c1ccc(C)cc1. The second-order valence-corrected chi connectivity index (χ2v) is 8.61. The van der Waals surface area contributed by atoms with E-state index in [4.69, 9.17) is 4.74 Å². The van der Waals surface area contributed by atoms with Crippen LogP contribution in [0.1, 0.15) is 67.2 Å². The van der Waals surface area contributed by atoms with Gasteiger partial charge in [-0.05, 0) is 42.0 Å². The molecule has 0 heterocycles. The lowest BCUT2D eigenvalue weighted by Crippen LogP contribution is -2.35. The average molecular weight is 425 g/mol. The Morgan fingerprint density at radius 3 is 2.13 bits per heavy atom. The molecule has 1 atom stereocenters. The van der Waals surface area contributed by atoms with Crippen LogP contribution in [0.3, 0.4) is 0 Å². The summed E-state index contributed by atoms with van der Waals surface area (Å²) in [5, 5.41) is 5.38. The van der Waals surface area contributed by atoms with Crippen LogP contribution in [0.15, 0.2) is 48.5 Å². The Balaban J connectivity index is 1.77. The van der Waals surface area contributed by atoms with E-state index in [9.17, 15) is 14.4 Å². The second kappa shape index (κ2) is 10.8. The predicted octanol–water partition coefficient (Wildman–Crippen LogP) is 3.83. The number of aryl methyl sites for hydroxylation is 1. The molecule has 2 amide bonds. The summed E-state index contributed by atoms with van der Waals surface area (Å²) >= 11 is 0. The Morgan fingerprint density at radius 1 is 0.968 bits per heavy atom. The molecule has 0 fully saturated rings. The van der Waals surface area contributed by atoms with Gasteiger partial charge in [-0.2, -0.15) is 0 Å². The van der Waals surface area contributed by atoms with Crippen molar-refractivity contribution in [3.05, 3.63) is 70.8 Å². The van der Waals surface area contributed by atoms with Crippen LogP contribution in [0.5, 0.6) is 0 Å². The Hall–Kier alpha value is -3.15. The molecule has 6 heteroatoms. The molecule has 0 unspecified atom stereocenters. The summed E-state index contributed by atoms with van der Waals surface area (Å²) in [4.78, 5) is 36.3. The quantitative estimate of drug-likeness (QED) is 0.631. The van der Waals surface area contributed by atoms with E-state index in [0.717, 1.165) is 16.7 Å². The van der Waals surface area contributed by atoms with Gasteiger partial charge in [-0.3, -0.25) is 14.4 Å². The predicted molar refractivity (Wildman–Crippen MR) is 121 cm³/mol. The van der Waals surface area contributed by atoms with Gasteiger partial charge < -0.3 is 15.4 Å². The third-order valence-electron chi connectivity index (χ3n) is 4.99. The Labute approximate surface area is 184 Å². The monoisotopic (exact) mass is 424 g/mol. The van der Waals surface area contributed by atoms with E-state index < -0.39 is 12.6 Å². The lowest BCUT2D eigenvalue weighted by molar-refractivity contribution is -0.147. The zero-order valence-corrected chi connectivity index (χ0v) is 19.0. The fourth-order valence-corrected chi connectivity index (χ4v) is 3.03. The number of nitrogens with one attached hydrogen (secondary N) is 2. The minimum absolute atomic E-state index is 0.00434. The van der Waals surface area contributed by atoms with Crippen molar-refractivity contribution in [2.24, 2.45) is 0 Å². The fourth-order valence-electron chi connectivity index (χ4n) is 3.03. The minimum atomic E-state index is -0.668. The van der Waals surface area contributed by atoms with Crippen LogP contribution in [-0.4, -0.2) is 30.9 Å². The summed E-state index contributed by atoms with van der Waals surface area (Å²) in [6.45, 7) is 9.57. The molecule has 0 saturated carbocycles. The van der Waals surface area contributed by atoms with Crippen molar-refractivity contribution in [2.75, 3.05) is 13.2 Å². The summed E-state index contributed by atoms with van der Waals surface area (Å²) in [5.74, 6) is -1.42. The van der Waals surface area contributed by atoms with Crippen molar-refractivity contribution in [2.45, 2.75) is 52.5 Å². The first kappa shape index (κ1) is 24.1. The number of hydrogen-bond donors (Lipinski definition) is 2. The second-order valence-electron chi connectivity index (χ2n) is 8.61. The first-order chi connectivity index (χ1) is 14.6. The Bertz CT molecular complexity index is 897. The summed E-state index contributed by atoms with van der Waals surface area (Å²) in [7, 11) is 0. The largest absolute Gasteiger partial charge is 0.454 e. The lowest BCUT2D eigenvalue weighted by atomic mass is 9.87. The number of carbonyl (C=O) groups excluding carboxylic acids is 3. The van der Waals surface area contributed by atoms with Crippen molar-refractivity contribution in [3.8, 4) is 0 Å². The highest BCUT2D eigenvalue weighted by molar-refractivity contribution is 5.96. The van der Waals surface area contributed by atoms with Crippen LogP contribution in [0.2, 0.25) is 0 Å². The smallest absolute Gasteiger partial charge is 0.325 e. The van der Waals surface area contributed by atoms with Crippen molar-refractivity contribution < 1.29 is 19.1 Å². The van der Waals surface area contributed by atoms with Crippen LogP contribution in [0, 0.1) is 6.92 Å². The van der Waals surface area contributed by atoms with Crippen molar-refractivity contribution in [1.82, 2.24) is 10.6 Å². The van der Waals surface area contributed by atoms with E-state index in [1.807, 2.05) is 50.2 Å². The molecular formula is C25H32N2O4. The molecule has 0 aliphatic carbocycles. The molecule has 0 radical (unpaired) electrons. The molecule has 0 saturated heterocycles. The van der Waals surface area contributed by atoms with Gasteiger partial charge in [-0.25, -0.2) is 0 Å². The standard InChI is InChI=1S/C25H32N2O4/c1-6-21(18-9-7-17(2)8-10-18)27-22(28)16-31-23(29)15-26-24(30)19-11-13-20(14-12-19)25(3,4)5/h7-14,21H,6,15-16H2,1-5H3,(H,26,30)(H,27,28)/t21-/m1/s1. The summed E-state index contributed by atoms with van der Waals surface area (Å²) in [5.41, 5.74) is 3.71. The zero-order chi connectivity index (χ0) is 23.0. The first-order valence-corrected chi connectivity index (χ1v) is 10.5. The highest BCUT2D eigenvalue weighted by atomic mass is 16.5. The third-order valence-corrected chi connectivity index (χ3v) is 4.99. The number of ether oxygens (including phenoxy) is 1. The molecule has 0 spiro atoms. The van der Waals surface area contributed by atoms with Gasteiger partial charge in [0.15, 0.2) is 6.61 Å². The van der Waals surface area contributed by atoms with Crippen molar-refractivity contribution >= 4 is 17.8 Å². The van der Waals surface area contributed by atoms with Crippen LogP contribution in [0.25, 0.3) is 0 Å². The zero-order valence-electron chi connectivity index (χ0n) is 19.0. The first-order valence-electron chi connectivity index (χ1n) is 10.5. The summed E-state index contributed by atoms with van der Waals surface area (Å²) in [6.07, 6.45) is 0.715. The van der Waals surface area contributed by atoms with E-state index in [0.29, 0.717) is 12.0 Å². The van der Waals surface area contributed by atoms with Gasteiger partial charge >= 0.3 is 5.97 Å². The van der Waals surface area contributed by atoms with Gasteiger partial charge in [0.1, 0.15) is 6.54 Å². The van der Waals surface area contributed by atoms with E-state index in [-0.39, 0.29) is 29.8 Å². The molecule has 6 nitrogen and oxygen atoms in total. The lowest BCUT2D eigenvalue weighted by Gasteiger charge is -2.19. The number of amides is 2. The molecule has 31 heavy (non-hydrogen) atoms. The molecule has 0 aliphatic rings. The highest BCUT2D eigenvalue weighted by Gasteiger charge is 2.16. The van der Waals surface area contributed by atoms with E-state index in [1.165, 1.54) is 0 Å². The van der Waals surface area contributed by atoms with Crippen LogP contribution >= 0.6 is 0 Å². The Kier molecular flexibility index (Phi) is 8.37. The molecule has 166 valence electrons. The summed E-state index contributed by atoms with van der Waals surface area (Å²) in [6, 6.07) is 15.0. The molecule has 2 N–H and O–H groups in total. The van der Waals surface area contributed by atoms with Gasteiger partial charge in [-0.1, -0.05) is 69.7 Å². The van der Waals surface area contributed by atoms with Crippen LogP contribution in [-0.2, 0) is 19.7 Å². The van der Waals surface area contributed by atoms with Crippen molar-refractivity contribution in [1.29, 1.82) is 0 Å². The van der Waals surface area contributed by atoms with Gasteiger partial charge in [-0.15, -0.1) is 0 Å². The van der Waals surface area contributed by atoms with Crippen LogP contribution in [0.4, 0.5) is 0 Å². The van der Waals surface area contributed by atoms with Gasteiger partial charge in [0.05, 0.1) is 6.04 Å². The van der Waals surface area contributed by atoms with Gasteiger partial charge in [0.2, 0.25) is 0 Å². The van der Waals surface area contributed by atoms with Crippen molar-refractivity contribution in [3.63, 3.8) is 0 Å². The van der Waals surface area contributed by atoms with Gasteiger partial charge in [0.25, 0.3) is 11.8 Å². The molecule has 0 aliphatic heterocycles. The molecule has 2 rings (SSSR count).